The number of morpholine rings is 1. The number of carbonyl (C=O) groups excluding carboxylic acids is 1. The number of rotatable bonds is 5. The van der Waals surface area contributed by atoms with E-state index in [1.807, 2.05) is 35.2 Å². The van der Waals surface area contributed by atoms with E-state index in [9.17, 15) is 4.79 Å². The van der Waals surface area contributed by atoms with Crippen molar-refractivity contribution in [3.63, 3.8) is 0 Å². The van der Waals surface area contributed by atoms with Crippen LogP contribution in [0.4, 0.5) is 5.13 Å². The van der Waals surface area contributed by atoms with Crippen molar-refractivity contribution < 1.29 is 9.53 Å². The molecule has 4 rings (SSSR count). The highest BCUT2D eigenvalue weighted by atomic mass is 32.1. The first-order chi connectivity index (χ1) is 14.4. The van der Waals surface area contributed by atoms with Crippen molar-refractivity contribution >= 4 is 32.6 Å². The van der Waals surface area contributed by atoms with Crippen LogP contribution in [0.2, 0.25) is 0 Å². The van der Waals surface area contributed by atoms with Crippen LogP contribution in [0.25, 0.3) is 10.2 Å². The number of carbonyl (C=O) groups is 1. The van der Waals surface area contributed by atoms with Gasteiger partial charge in [-0.15, -0.1) is 0 Å². The number of nitrogens with zero attached hydrogens (tertiary/aromatic N) is 3. The minimum atomic E-state index is 0.00257. The summed E-state index contributed by atoms with van der Waals surface area (Å²) in [6.45, 7) is 11.3. The minimum absolute atomic E-state index is 0.00257. The molecule has 0 radical (unpaired) electrons. The number of thiazole rings is 1. The molecule has 0 unspecified atom stereocenters. The Labute approximate surface area is 182 Å². The highest BCUT2D eigenvalue weighted by molar-refractivity contribution is 7.22. The maximum atomic E-state index is 13.5. The molecule has 0 saturated carbocycles. The summed E-state index contributed by atoms with van der Waals surface area (Å²) in [6, 6.07) is 16.1. The predicted octanol–water partition coefficient (Wildman–Crippen LogP) is 4.57. The summed E-state index contributed by atoms with van der Waals surface area (Å²) >= 11 is 1.57. The largest absolute Gasteiger partial charge is 0.379 e. The smallest absolute Gasteiger partial charge is 0.260 e. The van der Waals surface area contributed by atoms with Crippen LogP contribution in [-0.2, 0) is 10.2 Å². The summed E-state index contributed by atoms with van der Waals surface area (Å²) in [7, 11) is 0. The van der Waals surface area contributed by atoms with Crippen molar-refractivity contribution in [2.24, 2.45) is 0 Å². The summed E-state index contributed by atoms with van der Waals surface area (Å²) in [5.74, 6) is 0.00257. The lowest BCUT2D eigenvalue weighted by molar-refractivity contribution is 0.0391. The highest BCUT2D eigenvalue weighted by Gasteiger charge is 2.23. The lowest BCUT2D eigenvalue weighted by Crippen LogP contribution is -2.43. The van der Waals surface area contributed by atoms with Gasteiger partial charge < -0.3 is 4.74 Å². The number of hydrogen-bond donors (Lipinski definition) is 0. The molecule has 0 atom stereocenters. The summed E-state index contributed by atoms with van der Waals surface area (Å²) in [5.41, 5.74) is 2.91. The Morgan fingerprint density at radius 3 is 2.47 bits per heavy atom. The highest BCUT2D eigenvalue weighted by Crippen LogP contribution is 2.30. The number of fused-ring (bicyclic) bond motifs is 1. The molecule has 158 valence electrons. The van der Waals surface area contributed by atoms with Crippen molar-refractivity contribution in [3.05, 3.63) is 59.7 Å². The first-order valence-electron chi connectivity index (χ1n) is 10.5. The SMILES string of the molecule is CC(C)(C)c1ccc(C(=O)N(CCN2CCOCC2)c2nc3ccccc3s2)cc1. The van der Waals surface area contributed by atoms with Gasteiger partial charge in [0.15, 0.2) is 5.13 Å². The third kappa shape index (κ3) is 4.72. The van der Waals surface area contributed by atoms with Gasteiger partial charge in [0, 0.05) is 31.7 Å². The predicted molar refractivity (Wildman–Crippen MR) is 124 cm³/mol. The molecule has 0 spiro atoms. The minimum Gasteiger partial charge on any atom is -0.379 e. The molecule has 1 aromatic heterocycles. The zero-order valence-electron chi connectivity index (χ0n) is 17.9. The van der Waals surface area contributed by atoms with Crippen molar-refractivity contribution in [1.82, 2.24) is 9.88 Å². The van der Waals surface area contributed by atoms with Crippen molar-refractivity contribution in [1.29, 1.82) is 0 Å². The van der Waals surface area contributed by atoms with Gasteiger partial charge in [0.25, 0.3) is 5.91 Å². The van der Waals surface area contributed by atoms with E-state index in [1.54, 1.807) is 11.3 Å². The van der Waals surface area contributed by atoms with Crippen molar-refractivity contribution in [2.75, 3.05) is 44.3 Å². The monoisotopic (exact) mass is 423 g/mol. The van der Waals surface area contributed by atoms with Crippen LogP contribution in [0.5, 0.6) is 0 Å². The molecule has 6 heteroatoms. The fraction of sp³-hybridized carbons (Fsp3) is 0.417. The van der Waals surface area contributed by atoms with Crippen LogP contribution in [0, 0.1) is 0 Å². The van der Waals surface area contributed by atoms with E-state index in [4.69, 9.17) is 9.72 Å². The third-order valence-corrected chi connectivity index (χ3v) is 6.56. The molecular formula is C24H29N3O2S. The quantitative estimate of drug-likeness (QED) is 0.603. The van der Waals surface area contributed by atoms with Crippen molar-refractivity contribution in [2.45, 2.75) is 26.2 Å². The number of hydrogen-bond acceptors (Lipinski definition) is 5. The molecule has 5 nitrogen and oxygen atoms in total. The second-order valence-electron chi connectivity index (χ2n) is 8.70. The van der Waals surface area contributed by atoms with Crippen LogP contribution >= 0.6 is 11.3 Å². The van der Waals surface area contributed by atoms with Crippen LogP contribution in [0.3, 0.4) is 0 Å². The fourth-order valence-electron chi connectivity index (χ4n) is 3.59. The Balaban J connectivity index is 1.60. The van der Waals surface area contributed by atoms with Gasteiger partial charge in [0.2, 0.25) is 0 Å². The van der Waals surface area contributed by atoms with E-state index in [1.165, 1.54) is 5.56 Å². The molecule has 0 aliphatic carbocycles. The van der Waals surface area contributed by atoms with Crippen LogP contribution in [-0.4, -0.2) is 55.2 Å². The summed E-state index contributed by atoms with van der Waals surface area (Å²) in [4.78, 5) is 22.5. The second kappa shape index (κ2) is 8.84. The van der Waals surface area contributed by atoms with Gasteiger partial charge in [-0.1, -0.05) is 56.4 Å². The summed E-state index contributed by atoms with van der Waals surface area (Å²) in [5, 5.41) is 0.759. The van der Waals surface area contributed by atoms with E-state index in [0.717, 1.165) is 48.2 Å². The maximum absolute atomic E-state index is 13.5. The molecule has 2 heterocycles. The molecule has 2 aromatic carbocycles. The van der Waals surface area contributed by atoms with E-state index in [2.05, 4.69) is 43.9 Å². The molecule has 1 aliphatic rings. The van der Waals surface area contributed by atoms with E-state index >= 15 is 0 Å². The number of para-hydroxylation sites is 1. The van der Waals surface area contributed by atoms with Gasteiger partial charge in [-0.25, -0.2) is 4.98 Å². The summed E-state index contributed by atoms with van der Waals surface area (Å²) < 4.78 is 6.55. The zero-order valence-corrected chi connectivity index (χ0v) is 18.7. The first-order valence-corrected chi connectivity index (χ1v) is 11.3. The Morgan fingerprint density at radius 1 is 1.10 bits per heavy atom. The number of benzene rings is 2. The van der Waals surface area contributed by atoms with Crippen LogP contribution < -0.4 is 4.90 Å². The third-order valence-electron chi connectivity index (χ3n) is 5.50. The average molecular weight is 424 g/mol. The first kappa shape index (κ1) is 21.0. The molecular weight excluding hydrogens is 394 g/mol. The molecule has 1 amide bonds. The van der Waals surface area contributed by atoms with Gasteiger partial charge in [-0.2, -0.15) is 0 Å². The molecule has 30 heavy (non-hydrogen) atoms. The Bertz CT molecular complexity index is 968. The lowest BCUT2D eigenvalue weighted by Gasteiger charge is -2.29. The molecule has 1 fully saturated rings. The van der Waals surface area contributed by atoms with Crippen LogP contribution in [0.1, 0.15) is 36.7 Å². The number of aromatic nitrogens is 1. The Kier molecular flexibility index (Phi) is 6.18. The Hall–Kier alpha value is -2.28. The number of amides is 1. The van der Waals surface area contributed by atoms with E-state index < -0.39 is 0 Å². The average Bonchev–Trinajstić information content (AvgIpc) is 3.18. The number of ether oxygens (including phenoxy) is 1. The topological polar surface area (TPSA) is 45.7 Å². The zero-order chi connectivity index (χ0) is 21.1. The molecule has 0 bridgehead atoms. The van der Waals surface area contributed by atoms with Gasteiger partial charge in [-0.05, 0) is 35.2 Å². The summed E-state index contributed by atoms with van der Waals surface area (Å²) in [6.07, 6.45) is 0. The normalized spacial score (nSPS) is 15.4. The second-order valence-corrected chi connectivity index (χ2v) is 9.71. The molecule has 1 aliphatic heterocycles. The van der Waals surface area contributed by atoms with E-state index in [0.29, 0.717) is 12.1 Å². The Morgan fingerprint density at radius 2 is 1.80 bits per heavy atom. The van der Waals surface area contributed by atoms with Gasteiger partial charge >= 0.3 is 0 Å². The van der Waals surface area contributed by atoms with Gasteiger partial charge in [0.05, 0.1) is 23.4 Å². The standard InChI is InChI=1S/C24H29N3O2S/c1-24(2,3)19-10-8-18(9-11-19)22(28)27(13-12-26-14-16-29-17-15-26)23-25-20-6-4-5-7-21(20)30-23/h4-11H,12-17H2,1-3H3. The molecule has 0 N–H and O–H groups in total. The number of anilines is 1. The van der Waals surface area contributed by atoms with Gasteiger partial charge in [0.1, 0.15) is 0 Å². The lowest BCUT2D eigenvalue weighted by atomic mass is 9.86. The maximum Gasteiger partial charge on any atom is 0.260 e. The van der Waals surface area contributed by atoms with Gasteiger partial charge in [-0.3, -0.25) is 14.6 Å². The fourth-order valence-corrected chi connectivity index (χ4v) is 4.58. The molecule has 3 aromatic rings. The van der Waals surface area contributed by atoms with Crippen LogP contribution in [0.15, 0.2) is 48.5 Å². The van der Waals surface area contributed by atoms with E-state index in [-0.39, 0.29) is 11.3 Å². The van der Waals surface area contributed by atoms with Crippen molar-refractivity contribution in [3.8, 4) is 0 Å². The molecule has 1 saturated heterocycles.